The van der Waals surface area contributed by atoms with Crippen LogP contribution in [0.2, 0.25) is 0 Å². The SMILES string of the molecule is CC1CC(C(=O)O)C(C(=O)NC(C)C(C)C)C1. The molecule has 0 aromatic heterocycles. The zero-order chi connectivity index (χ0) is 13.2. The smallest absolute Gasteiger partial charge is 0.307 e. The maximum Gasteiger partial charge on any atom is 0.307 e. The highest BCUT2D eigenvalue weighted by Gasteiger charge is 2.41. The Bertz CT molecular complexity index is 301. The van der Waals surface area contributed by atoms with Gasteiger partial charge in [0, 0.05) is 6.04 Å². The Hall–Kier alpha value is -1.06. The van der Waals surface area contributed by atoms with Gasteiger partial charge in [0.2, 0.25) is 5.91 Å². The molecule has 0 aromatic carbocycles. The van der Waals surface area contributed by atoms with Crippen LogP contribution in [0, 0.1) is 23.7 Å². The molecule has 1 fully saturated rings. The van der Waals surface area contributed by atoms with E-state index in [9.17, 15) is 9.59 Å². The van der Waals surface area contributed by atoms with Crippen LogP contribution in [0.4, 0.5) is 0 Å². The summed E-state index contributed by atoms with van der Waals surface area (Å²) in [4.78, 5) is 23.1. The van der Waals surface area contributed by atoms with Gasteiger partial charge in [-0.2, -0.15) is 0 Å². The van der Waals surface area contributed by atoms with E-state index < -0.39 is 11.9 Å². The summed E-state index contributed by atoms with van der Waals surface area (Å²) in [7, 11) is 0. The van der Waals surface area contributed by atoms with E-state index in [0.29, 0.717) is 24.7 Å². The van der Waals surface area contributed by atoms with Gasteiger partial charge < -0.3 is 10.4 Å². The van der Waals surface area contributed by atoms with Crippen LogP contribution < -0.4 is 5.32 Å². The Morgan fingerprint density at radius 1 is 1.18 bits per heavy atom. The third-order valence-electron chi connectivity index (χ3n) is 3.82. The van der Waals surface area contributed by atoms with Crippen molar-refractivity contribution in [2.75, 3.05) is 0 Å². The van der Waals surface area contributed by atoms with Crippen LogP contribution in [0.25, 0.3) is 0 Å². The van der Waals surface area contributed by atoms with Crippen LogP contribution in [0.15, 0.2) is 0 Å². The number of nitrogens with one attached hydrogen (secondary N) is 1. The molecule has 0 bridgehead atoms. The Kier molecular flexibility index (Phi) is 4.54. The van der Waals surface area contributed by atoms with Gasteiger partial charge in [0.15, 0.2) is 0 Å². The van der Waals surface area contributed by atoms with Crippen molar-refractivity contribution >= 4 is 11.9 Å². The molecule has 4 unspecified atom stereocenters. The second-order valence-corrected chi connectivity index (χ2v) is 5.67. The molecular formula is C13H23NO3. The average Bonchev–Trinajstić information content (AvgIpc) is 2.60. The maximum atomic E-state index is 12.0. The zero-order valence-corrected chi connectivity index (χ0v) is 11.1. The fourth-order valence-corrected chi connectivity index (χ4v) is 2.35. The summed E-state index contributed by atoms with van der Waals surface area (Å²) in [5.41, 5.74) is 0. The summed E-state index contributed by atoms with van der Waals surface area (Å²) in [6.07, 6.45) is 1.30. The lowest BCUT2D eigenvalue weighted by Gasteiger charge is -2.22. The van der Waals surface area contributed by atoms with Crippen molar-refractivity contribution in [3.63, 3.8) is 0 Å². The summed E-state index contributed by atoms with van der Waals surface area (Å²) >= 11 is 0. The number of carboxylic acids is 1. The van der Waals surface area contributed by atoms with E-state index in [4.69, 9.17) is 5.11 Å². The van der Waals surface area contributed by atoms with Crippen molar-refractivity contribution in [1.29, 1.82) is 0 Å². The molecule has 2 N–H and O–H groups in total. The van der Waals surface area contributed by atoms with Crippen molar-refractivity contribution in [1.82, 2.24) is 5.32 Å². The molecule has 0 saturated heterocycles. The highest BCUT2D eigenvalue weighted by Crippen LogP contribution is 2.36. The minimum Gasteiger partial charge on any atom is -0.481 e. The fourth-order valence-electron chi connectivity index (χ4n) is 2.35. The first-order valence-electron chi connectivity index (χ1n) is 6.36. The van der Waals surface area contributed by atoms with Crippen LogP contribution in [-0.4, -0.2) is 23.0 Å². The van der Waals surface area contributed by atoms with Gasteiger partial charge in [-0.25, -0.2) is 0 Å². The van der Waals surface area contributed by atoms with Crippen LogP contribution >= 0.6 is 0 Å². The number of carbonyl (C=O) groups is 2. The number of carboxylic acid groups (broad SMARTS) is 1. The summed E-state index contributed by atoms with van der Waals surface area (Å²) in [6, 6.07) is 0.0906. The van der Waals surface area contributed by atoms with Crippen molar-refractivity contribution in [3.8, 4) is 0 Å². The van der Waals surface area contributed by atoms with Crippen molar-refractivity contribution in [3.05, 3.63) is 0 Å². The first-order valence-corrected chi connectivity index (χ1v) is 6.36. The minimum atomic E-state index is -0.841. The van der Waals surface area contributed by atoms with Gasteiger partial charge in [-0.1, -0.05) is 20.8 Å². The largest absolute Gasteiger partial charge is 0.481 e. The molecule has 0 aromatic rings. The van der Waals surface area contributed by atoms with E-state index in [1.54, 1.807) is 0 Å². The molecule has 0 heterocycles. The first kappa shape index (κ1) is 14.0. The van der Waals surface area contributed by atoms with Crippen LogP contribution in [0.5, 0.6) is 0 Å². The quantitative estimate of drug-likeness (QED) is 0.790. The van der Waals surface area contributed by atoms with Crippen LogP contribution in [0.1, 0.15) is 40.5 Å². The van der Waals surface area contributed by atoms with Crippen molar-refractivity contribution in [2.24, 2.45) is 23.7 Å². The molecule has 1 rings (SSSR count). The highest BCUT2D eigenvalue weighted by atomic mass is 16.4. The number of hydrogen-bond donors (Lipinski definition) is 2. The van der Waals surface area contributed by atoms with E-state index in [1.165, 1.54) is 0 Å². The predicted molar refractivity (Wildman–Crippen MR) is 65.5 cm³/mol. The normalized spacial score (nSPS) is 30.3. The monoisotopic (exact) mass is 241 g/mol. The number of amides is 1. The van der Waals surface area contributed by atoms with E-state index in [0.717, 1.165) is 0 Å². The molecule has 1 aliphatic rings. The molecule has 4 heteroatoms. The molecule has 0 spiro atoms. The van der Waals surface area contributed by atoms with Gasteiger partial charge in [0.25, 0.3) is 0 Å². The Labute approximate surface area is 103 Å². The highest BCUT2D eigenvalue weighted by molar-refractivity contribution is 5.85. The lowest BCUT2D eigenvalue weighted by atomic mass is 9.94. The molecule has 1 aliphatic carbocycles. The van der Waals surface area contributed by atoms with Crippen LogP contribution in [-0.2, 0) is 9.59 Å². The van der Waals surface area contributed by atoms with Gasteiger partial charge in [0.1, 0.15) is 0 Å². The average molecular weight is 241 g/mol. The molecule has 0 radical (unpaired) electrons. The predicted octanol–water partition coefficient (Wildman–Crippen LogP) is 1.89. The maximum absolute atomic E-state index is 12.0. The molecule has 1 amide bonds. The summed E-state index contributed by atoms with van der Waals surface area (Å²) in [5, 5.41) is 12.0. The third kappa shape index (κ3) is 3.45. The summed E-state index contributed by atoms with van der Waals surface area (Å²) < 4.78 is 0. The van der Waals surface area contributed by atoms with Gasteiger partial charge >= 0.3 is 5.97 Å². The lowest BCUT2D eigenvalue weighted by Crippen LogP contribution is -2.42. The van der Waals surface area contributed by atoms with Gasteiger partial charge in [-0.3, -0.25) is 9.59 Å². The second-order valence-electron chi connectivity index (χ2n) is 5.67. The number of carbonyl (C=O) groups excluding carboxylic acids is 1. The molecule has 0 aliphatic heterocycles. The zero-order valence-electron chi connectivity index (χ0n) is 11.1. The standard InChI is InChI=1S/C13H23NO3/c1-7(2)9(4)14-12(15)10-5-8(3)6-11(10)13(16)17/h7-11H,5-6H2,1-4H3,(H,14,15)(H,16,17). The number of aliphatic carboxylic acids is 1. The first-order chi connectivity index (χ1) is 7.82. The topological polar surface area (TPSA) is 66.4 Å². The van der Waals surface area contributed by atoms with E-state index in [2.05, 4.69) is 5.32 Å². The summed E-state index contributed by atoms with van der Waals surface area (Å²) in [5.74, 6) is -1.12. The van der Waals surface area contributed by atoms with Crippen molar-refractivity contribution in [2.45, 2.75) is 46.6 Å². The molecule has 4 atom stereocenters. The van der Waals surface area contributed by atoms with E-state index in [1.807, 2.05) is 27.7 Å². The van der Waals surface area contributed by atoms with Crippen LogP contribution in [0.3, 0.4) is 0 Å². The minimum absolute atomic E-state index is 0.0906. The Morgan fingerprint density at radius 2 is 1.71 bits per heavy atom. The molecule has 1 saturated carbocycles. The second kappa shape index (κ2) is 5.52. The van der Waals surface area contributed by atoms with E-state index >= 15 is 0 Å². The lowest BCUT2D eigenvalue weighted by molar-refractivity contribution is -0.146. The molecule has 4 nitrogen and oxygen atoms in total. The Balaban J connectivity index is 2.64. The van der Waals surface area contributed by atoms with Gasteiger partial charge in [-0.15, -0.1) is 0 Å². The Morgan fingerprint density at radius 3 is 2.18 bits per heavy atom. The van der Waals surface area contributed by atoms with Gasteiger partial charge in [0.05, 0.1) is 11.8 Å². The molecule has 98 valence electrons. The number of rotatable bonds is 4. The third-order valence-corrected chi connectivity index (χ3v) is 3.82. The molecule has 17 heavy (non-hydrogen) atoms. The molecular weight excluding hydrogens is 218 g/mol. The van der Waals surface area contributed by atoms with Crippen molar-refractivity contribution < 1.29 is 14.7 Å². The fraction of sp³-hybridized carbons (Fsp3) is 0.846. The number of hydrogen-bond acceptors (Lipinski definition) is 2. The van der Waals surface area contributed by atoms with Gasteiger partial charge in [-0.05, 0) is 31.6 Å². The summed E-state index contributed by atoms with van der Waals surface area (Å²) in [6.45, 7) is 8.04. The van der Waals surface area contributed by atoms with E-state index in [-0.39, 0.29) is 17.9 Å².